The predicted molar refractivity (Wildman–Crippen MR) is 74.8 cm³/mol. The summed E-state index contributed by atoms with van der Waals surface area (Å²) in [7, 11) is 1.67. The minimum atomic E-state index is -0.117. The Labute approximate surface area is 133 Å². The molecule has 1 unspecified atom stereocenters. The molecule has 4 nitrogen and oxygen atoms in total. The van der Waals surface area contributed by atoms with Crippen molar-refractivity contribution in [3.05, 3.63) is 0 Å². The van der Waals surface area contributed by atoms with Gasteiger partial charge in [0, 0.05) is 0 Å². The predicted octanol–water partition coefficient (Wildman–Crippen LogP) is -1.12. The number of amides is 2. The van der Waals surface area contributed by atoms with Gasteiger partial charge in [-0.15, -0.1) is 0 Å². The summed E-state index contributed by atoms with van der Waals surface area (Å²) in [6.45, 7) is 2.23. The average molecular weight is 410 g/mol. The number of rotatable bonds is 5. The van der Waals surface area contributed by atoms with Crippen molar-refractivity contribution in [2.45, 2.75) is 44.3 Å². The minimum absolute atomic E-state index is 0.00125. The van der Waals surface area contributed by atoms with E-state index in [0.717, 1.165) is 25.7 Å². The van der Waals surface area contributed by atoms with E-state index in [2.05, 4.69) is 4.93 Å². The summed E-state index contributed by atoms with van der Waals surface area (Å²) in [5, 5.41) is -0.117. The molecule has 2 fully saturated rings. The molecule has 0 aromatic heterocycles. The number of likely N-dealkylation sites (tertiary alicyclic amines) is 1. The average Bonchev–Trinajstić information content (AvgIpc) is 2.68. The fourth-order valence-corrected chi connectivity index (χ4v) is 6.69. The summed E-state index contributed by atoms with van der Waals surface area (Å²) in [6, 6.07) is 0. The van der Waals surface area contributed by atoms with Crippen LogP contribution in [0.1, 0.15) is 39.0 Å². The number of halogens is 1. The Morgan fingerprint density at radius 2 is 1.95 bits per heavy atom. The Bertz CT molecular complexity index is 407. The molecule has 2 amide bonds. The fourth-order valence-electron chi connectivity index (χ4n) is 3.03. The molecule has 0 aromatic rings. The van der Waals surface area contributed by atoms with Crippen molar-refractivity contribution >= 4 is 26.5 Å². The van der Waals surface area contributed by atoms with Crippen molar-refractivity contribution in [3.63, 3.8) is 0 Å². The Kier molecular flexibility index (Phi) is 5.89. The molecule has 1 aliphatic carbocycles. The first-order chi connectivity index (χ1) is 9.52. The molecule has 6 heteroatoms. The zero-order valence-corrected chi connectivity index (χ0v) is 14.9. The molecule has 20 heavy (non-hydrogen) atoms. The summed E-state index contributed by atoms with van der Waals surface area (Å²) in [5.74, 6) is 0.886. The van der Waals surface area contributed by atoms with Crippen LogP contribution in [-0.2, 0) is 14.4 Å². The third kappa shape index (κ3) is 3.75. The molecule has 0 N–H and O–H groups in total. The van der Waals surface area contributed by atoms with Gasteiger partial charge in [0.2, 0.25) is 0 Å². The zero-order chi connectivity index (χ0) is 14.7. The molecule has 1 saturated carbocycles. The van der Waals surface area contributed by atoms with Crippen molar-refractivity contribution in [3.8, 4) is 0 Å². The zero-order valence-electron chi connectivity index (χ0n) is 11.9. The number of carbonyl (C=O) groups excluding carboxylic acids is 3. The molecule has 114 valence electrons. The van der Waals surface area contributed by atoms with E-state index in [0.29, 0.717) is 18.9 Å². The van der Waals surface area contributed by atoms with Gasteiger partial charge in [0.15, 0.2) is 0 Å². The molecule has 1 saturated heterocycles. The Morgan fingerprint density at radius 1 is 1.30 bits per heavy atom. The first-order valence-corrected chi connectivity index (χ1v) is 12.6. The van der Waals surface area contributed by atoms with Gasteiger partial charge in [-0.25, -0.2) is 0 Å². The number of hydrogen-bond donors (Lipinski definition) is 0. The third-order valence-corrected chi connectivity index (χ3v) is 8.39. The van der Waals surface area contributed by atoms with Crippen LogP contribution in [0.5, 0.6) is 0 Å². The van der Waals surface area contributed by atoms with Gasteiger partial charge in [0.25, 0.3) is 0 Å². The summed E-state index contributed by atoms with van der Waals surface area (Å²) < 4.78 is 0. The second-order valence-corrected chi connectivity index (χ2v) is 10.8. The third-order valence-electron chi connectivity index (χ3n) is 4.26. The molecule has 1 atom stereocenters. The van der Waals surface area contributed by atoms with E-state index < -0.39 is 0 Å². The second-order valence-electron chi connectivity index (χ2n) is 5.61. The Hall–Kier alpha value is -0.110. The van der Waals surface area contributed by atoms with Gasteiger partial charge in [-0.3, -0.25) is 0 Å². The van der Waals surface area contributed by atoms with Crippen LogP contribution in [0.4, 0.5) is 0 Å². The Balaban J connectivity index is 1.86. The molecule has 2 rings (SSSR count). The number of Topliss-reactive ketones (excluding diaryl/α,β-unsaturated/α-hetero) is 1. The van der Waals surface area contributed by atoms with Crippen LogP contribution in [0.3, 0.4) is 0 Å². The van der Waals surface area contributed by atoms with E-state index in [1.807, 2.05) is 0 Å². The molecule has 0 spiro atoms. The number of nitrogens with zero attached hydrogens (tertiary/aromatic N) is 1. The van der Waals surface area contributed by atoms with Gasteiger partial charge >= 0.3 is 133 Å². The van der Waals surface area contributed by atoms with Crippen LogP contribution < -0.4 is 19.8 Å². The molecule has 0 bridgehead atoms. The van der Waals surface area contributed by atoms with Crippen LogP contribution in [0.15, 0.2) is 0 Å². The molecular formula is C14H21INO3S-. The number of ketones is 1. The number of hydrogen-bond acceptors (Lipinski definition) is 4. The van der Waals surface area contributed by atoms with Crippen LogP contribution >= 0.6 is 8.93 Å². The van der Waals surface area contributed by atoms with E-state index in [1.54, 1.807) is 15.9 Å². The van der Waals surface area contributed by atoms with Crippen LogP contribution in [0, 0.1) is 11.8 Å². The standard InChI is InChI=1S/C14H21INO3S/c1-9(17)11-5-3-10(4-6-11)8-16-13(18)7-12(14(16)19)20-15-2/h10-12H,3-8H2,1-2H3/q-1. The molecule has 1 aliphatic heterocycles. The van der Waals surface area contributed by atoms with Crippen molar-refractivity contribution in [1.82, 2.24) is 4.90 Å². The first-order valence-electron chi connectivity index (χ1n) is 7.02. The van der Waals surface area contributed by atoms with Crippen LogP contribution in [-0.4, -0.2) is 39.2 Å². The SMILES string of the molecule is C[I-]SC1CC(=O)N(CC2CCC(C(C)=O)CC2)C1=O. The van der Waals surface area contributed by atoms with E-state index in [4.69, 9.17) is 0 Å². The van der Waals surface area contributed by atoms with Gasteiger partial charge in [-0.2, -0.15) is 0 Å². The van der Waals surface area contributed by atoms with E-state index >= 15 is 0 Å². The van der Waals surface area contributed by atoms with Gasteiger partial charge in [-0.1, -0.05) is 0 Å². The van der Waals surface area contributed by atoms with Crippen LogP contribution in [0.25, 0.3) is 0 Å². The second kappa shape index (κ2) is 7.24. The molecule has 2 aliphatic rings. The van der Waals surface area contributed by atoms with Crippen molar-refractivity contribution in [2.24, 2.45) is 11.8 Å². The van der Waals surface area contributed by atoms with Crippen molar-refractivity contribution in [2.75, 3.05) is 11.5 Å². The van der Waals surface area contributed by atoms with Gasteiger partial charge in [-0.05, 0) is 0 Å². The van der Waals surface area contributed by atoms with E-state index in [9.17, 15) is 14.4 Å². The maximum absolute atomic E-state index is 12.2. The number of imide groups is 1. The van der Waals surface area contributed by atoms with Gasteiger partial charge < -0.3 is 0 Å². The Morgan fingerprint density at radius 3 is 2.50 bits per heavy atom. The number of carbonyl (C=O) groups is 3. The summed E-state index contributed by atoms with van der Waals surface area (Å²) in [5.41, 5.74) is 0. The van der Waals surface area contributed by atoms with Gasteiger partial charge in [0.1, 0.15) is 0 Å². The normalized spacial score (nSPS) is 31.1. The monoisotopic (exact) mass is 410 g/mol. The van der Waals surface area contributed by atoms with Crippen molar-refractivity contribution < 1.29 is 34.2 Å². The molecule has 0 aromatic carbocycles. The topological polar surface area (TPSA) is 54.5 Å². The van der Waals surface area contributed by atoms with E-state index in [1.165, 1.54) is 4.90 Å². The summed E-state index contributed by atoms with van der Waals surface area (Å²) in [4.78, 5) is 39.1. The first kappa shape index (κ1) is 16.3. The number of alkyl halides is 1. The molecular weight excluding hydrogens is 389 g/mol. The summed E-state index contributed by atoms with van der Waals surface area (Å²) >= 11 is -0.0265. The quantitative estimate of drug-likeness (QED) is 0.327. The summed E-state index contributed by atoms with van der Waals surface area (Å²) in [6.07, 6.45) is 4.13. The van der Waals surface area contributed by atoms with Crippen molar-refractivity contribution in [1.29, 1.82) is 0 Å². The van der Waals surface area contributed by atoms with E-state index in [-0.39, 0.29) is 48.6 Å². The van der Waals surface area contributed by atoms with Gasteiger partial charge in [0.05, 0.1) is 0 Å². The fraction of sp³-hybridized carbons (Fsp3) is 0.786. The molecule has 1 heterocycles. The molecule has 0 radical (unpaired) electrons. The van der Waals surface area contributed by atoms with Crippen LogP contribution in [0.2, 0.25) is 0 Å². The maximum atomic E-state index is 12.2.